The second kappa shape index (κ2) is 8.84. The standard InChI is InChI=1S/C22H25ClN4O/c23-19-6-2-1-5-18(19)15-27-13-10-17(11-14-27)21(16-8-9-16)25-26-22(28)20-7-3-4-12-24-20/h1-7,12,16-17H,8-11,13-15H2,(H,26,28). The lowest BCUT2D eigenvalue weighted by atomic mass is 9.89. The Morgan fingerprint density at radius 2 is 1.79 bits per heavy atom. The molecule has 1 aromatic heterocycles. The number of likely N-dealkylation sites (tertiary alicyclic amines) is 1. The minimum absolute atomic E-state index is 0.241. The summed E-state index contributed by atoms with van der Waals surface area (Å²) in [5, 5.41) is 5.38. The lowest BCUT2D eigenvalue weighted by molar-refractivity contribution is 0.0949. The van der Waals surface area contributed by atoms with Crippen LogP contribution in [0.3, 0.4) is 0 Å². The molecule has 2 aromatic rings. The molecule has 0 atom stereocenters. The number of carbonyl (C=O) groups excluding carboxylic acids is 1. The summed E-state index contributed by atoms with van der Waals surface area (Å²) in [5.41, 5.74) is 5.48. The van der Waals surface area contributed by atoms with E-state index in [1.807, 2.05) is 24.3 Å². The molecule has 1 aliphatic carbocycles. The quantitative estimate of drug-likeness (QED) is 0.589. The zero-order valence-electron chi connectivity index (χ0n) is 15.9. The third-order valence-corrected chi connectivity index (χ3v) is 5.91. The fourth-order valence-corrected chi connectivity index (χ4v) is 4.01. The number of carbonyl (C=O) groups is 1. The molecule has 0 spiro atoms. The molecule has 28 heavy (non-hydrogen) atoms. The van der Waals surface area contributed by atoms with Crippen molar-refractivity contribution >= 4 is 23.2 Å². The summed E-state index contributed by atoms with van der Waals surface area (Å²) in [6.07, 6.45) is 6.11. The smallest absolute Gasteiger partial charge is 0.289 e. The third-order valence-electron chi connectivity index (χ3n) is 5.54. The molecule has 2 aliphatic rings. The summed E-state index contributed by atoms with van der Waals surface area (Å²) < 4.78 is 0. The maximum absolute atomic E-state index is 12.3. The number of rotatable bonds is 6. The van der Waals surface area contributed by atoms with Gasteiger partial charge in [0.25, 0.3) is 5.91 Å². The van der Waals surface area contributed by atoms with Gasteiger partial charge in [0, 0.05) is 29.4 Å². The van der Waals surface area contributed by atoms with Gasteiger partial charge in [-0.1, -0.05) is 35.9 Å². The molecular formula is C22H25ClN4O. The van der Waals surface area contributed by atoms with Crippen molar-refractivity contribution in [3.05, 3.63) is 64.9 Å². The molecule has 5 nitrogen and oxygen atoms in total. The Morgan fingerprint density at radius 3 is 2.46 bits per heavy atom. The Bertz CT molecular complexity index is 843. The molecule has 2 fully saturated rings. The van der Waals surface area contributed by atoms with E-state index in [1.165, 1.54) is 24.1 Å². The SMILES string of the molecule is O=C(NN=C(C1CC1)C1CCN(Cc2ccccc2Cl)CC1)c1ccccn1. The average Bonchev–Trinajstić information content (AvgIpc) is 3.57. The molecule has 0 radical (unpaired) electrons. The van der Waals surface area contributed by atoms with E-state index < -0.39 is 0 Å². The molecular weight excluding hydrogens is 372 g/mol. The Labute approximate surface area is 170 Å². The van der Waals surface area contributed by atoms with Crippen molar-refractivity contribution in [2.75, 3.05) is 13.1 Å². The van der Waals surface area contributed by atoms with E-state index in [0.29, 0.717) is 17.5 Å². The van der Waals surface area contributed by atoms with E-state index in [9.17, 15) is 4.79 Å². The average molecular weight is 397 g/mol. The number of amides is 1. The normalized spacial score (nSPS) is 18.8. The first-order chi connectivity index (χ1) is 13.7. The molecule has 4 rings (SSSR count). The predicted octanol–water partition coefficient (Wildman–Crippen LogP) is 4.14. The summed E-state index contributed by atoms with van der Waals surface area (Å²) in [5.74, 6) is 0.734. The fraction of sp³-hybridized carbons (Fsp3) is 0.409. The monoisotopic (exact) mass is 396 g/mol. The number of halogens is 1. The highest BCUT2D eigenvalue weighted by molar-refractivity contribution is 6.31. The maximum Gasteiger partial charge on any atom is 0.289 e. The van der Waals surface area contributed by atoms with Gasteiger partial charge in [0.15, 0.2) is 0 Å². The van der Waals surface area contributed by atoms with Gasteiger partial charge in [-0.15, -0.1) is 0 Å². The summed E-state index contributed by atoms with van der Waals surface area (Å²) in [7, 11) is 0. The van der Waals surface area contributed by atoms with Gasteiger partial charge in [-0.25, -0.2) is 5.43 Å². The fourth-order valence-electron chi connectivity index (χ4n) is 3.82. The van der Waals surface area contributed by atoms with Crippen molar-refractivity contribution in [1.29, 1.82) is 0 Å². The molecule has 1 aliphatic heterocycles. The summed E-state index contributed by atoms with van der Waals surface area (Å²) in [6, 6.07) is 13.4. The van der Waals surface area contributed by atoms with Crippen LogP contribution in [0.15, 0.2) is 53.8 Å². The molecule has 1 saturated carbocycles. The molecule has 1 saturated heterocycles. The van der Waals surface area contributed by atoms with Gasteiger partial charge in [-0.2, -0.15) is 5.10 Å². The van der Waals surface area contributed by atoms with Crippen LogP contribution in [0.4, 0.5) is 0 Å². The van der Waals surface area contributed by atoms with Crippen LogP contribution >= 0.6 is 11.6 Å². The number of pyridine rings is 1. The first-order valence-electron chi connectivity index (χ1n) is 9.95. The highest BCUT2D eigenvalue weighted by Crippen LogP contribution is 2.36. The zero-order chi connectivity index (χ0) is 19.3. The molecule has 0 unspecified atom stereocenters. The number of aromatic nitrogens is 1. The molecule has 6 heteroatoms. The first-order valence-corrected chi connectivity index (χ1v) is 10.3. The Balaban J connectivity index is 1.35. The van der Waals surface area contributed by atoms with Crippen LogP contribution < -0.4 is 5.43 Å². The van der Waals surface area contributed by atoms with Crippen molar-refractivity contribution in [2.24, 2.45) is 16.9 Å². The van der Waals surface area contributed by atoms with Gasteiger partial charge >= 0.3 is 0 Å². The van der Waals surface area contributed by atoms with E-state index in [1.54, 1.807) is 18.3 Å². The number of nitrogens with zero attached hydrogens (tertiary/aromatic N) is 3. The number of hydrazone groups is 1. The van der Waals surface area contributed by atoms with Crippen LogP contribution in [0.25, 0.3) is 0 Å². The highest BCUT2D eigenvalue weighted by atomic mass is 35.5. The second-order valence-corrected chi connectivity index (χ2v) is 8.02. The van der Waals surface area contributed by atoms with Crippen LogP contribution in [0.5, 0.6) is 0 Å². The van der Waals surface area contributed by atoms with Crippen LogP contribution in [0.1, 0.15) is 41.7 Å². The lowest BCUT2D eigenvalue weighted by Crippen LogP contribution is -2.37. The minimum atomic E-state index is -0.241. The molecule has 1 N–H and O–H groups in total. The second-order valence-electron chi connectivity index (χ2n) is 7.61. The summed E-state index contributed by atoms with van der Waals surface area (Å²) in [6.45, 7) is 2.93. The van der Waals surface area contributed by atoms with Gasteiger partial charge in [-0.3, -0.25) is 14.7 Å². The zero-order valence-corrected chi connectivity index (χ0v) is 16.6. The largest absolute Gasteiger partial charge is 0.299 e. The number of hydrogen-bond donors (Lipinski definition) is 1. The van der Waals surface area contributed by atoms with E-state index in [0.717, 1.165) is 37.5 Å². The van der Waals surface area contributed by atoms with Crippen molar-refractivity contribution in [2.45, 2.75) is 32.2 Å². The van der Waals surface area contributed by atoms with E-state index >= 15 is 0 Å². The van der Waals surface area contributed by atoms with Crippen molar-refractivity contribution in [3.63, 3.8) is 0 Å². The number of nitrogens with one attached hydrogen (secondary N) is 1. The van der Waals surface area contributed by atoms with Crippen LogP contribution in [0, 0.1) is 11.8 Å². The van der Waals surface area contributed by atoms with Gasteiger partial charge in [0.1, 0.15) is 5.69 Å². The third kappa shape index (κ3) is 4.78. The van der Waals surface area contributed by atoms with Crippen molar-refractivity contribution < 1.29 is 4.79 Å². The van der Waals surface area contributed by atoms with Crippen molar-refractivity contribution in [3.8, 4) is 0 Å². The Kier molecular flexibility index (Phi) is 6.03. The highest BCUT2D eigenvalue weighted by Gasteiger charge is 2.34. The van der Waals surface area contributed by atoms with Gasteiger partial charge < -0.3 is 0 Å². The molecule has 1 amide bonds. The van der Waals surface area contributed by atoms with Gasteiger partial charge in [0.2, 0.25) is 0 Å². The number of piperidine rings is 1. The van der Waals surface area contributed by atoms with E-state index in [2.05, 4.69) is 26.5 Å². The first kappa shape index (κ1) is 19.1. The minimum Gasteiger partial charge on any atom is -0.299 e. The van der Waals surface area contributed by atoms with Crippen molar-refractivity contribution in [1.82, 2.24) is 15.3 Å². The Morgan fingerprint density at radius 1 is 1.07 bits per heavy atom. The van der Waals surface area contributed by atoms with E-state index in [4.69, 9.17) is 11.6 Å². The number of hydrogen-bond acceptors (Lipinski definition) is 4. The van der Waals surface area contributed by atoms with Crippen LogP contribution in [-0.4, -0.2) is 34.6 Å². The summed E-state index contributed by atoms with van der Waals surface area (Å²) in [4.78, 5) is 18.8. The van der Waals surface area contributed by atoms with Gasteiger partial charge in [-0.05, 0) is 68.5 Å². The van der Waals surface area contributed by atoms with Crippen LogP contribution in [-0.2, 0) is 6.54 Å². The Hall–Kier alpha value is -2.24. The predicted molar refractivity (Wildman–Crippen MR) is 111 cm³/mol. The topological polar surface area (TPSA) is 57.6 Å². The van der Waals surface area contributed by atoms with Gasteiger partial charge in [0.05, 0.1) is 0 Å². The number of benzene rings is 1. The molecule has 0 bridgehead atoms. The summed E-state index contributed by atoms with van der Waals surface area (Å²) >= 11 is 6.30. The lowest BCUT2D eigenvalue weighted by Gasteiger charge is -2.32. The molecule has 1 aromatic carbocycles. The molecule has 146 valence electrons. The molecule has 2 heterocycles. The van der Waals surface area contributed by atoms with Crippen LogP contribution in [0.2, 0.25) is 5.02 Å². The van der Waals surface area contributed by atoms with E-state index in [-0.39, 0.29) is 5.91 Å². The maximum atomic E-state index is 12.3.